The van der Waals surface area contributed by atoms with Crippen molar-refractivity contribution < 1.29 is 9.72 Å². The monoisotopic (exact) mass is 423 g/mol. The minimum Gasteiger partial charge on any atom is -0.312 e. The summed E-state index contributed by atoms with van der Waals surface area (Å²) in [5.41, 5.74) is 0.791. The van der Waals surface area contributed by atoms with E-state index in [0.29, 0.717) is 20.9 Å². The molecule has 0 bridgehead atoms. The summed E-state index contributed by atoms with van der Waals surface area (Å²) in [5, 5.41) is 10.9. The van der Waals surface area contributed by atoms with Gasteiger partial charge >= 0.3 is 0 Å². The Balaban J connectivity index is 2.16. The third-order valence-corrected chi connectivity index (χ3v) is 5.82. The van der Waals surface area contributed by atoms with Crippen LogP contribution in [0, 0.1) is 10.1 Å². The first-order chi connectivity index (χ1) is 11.5. The summed E-state index contributed by atoms with van der Waals surface area (Å²) in [6, 6.07) is 8.09. The number of aromatic nitrogens is 1. The van der Waals surface area contributed by atoms with Crippen LogP contribution in [0.2, 0.25) is 0 Å². The van der Waals surface area contributed by atoms with Gasteiger partial charge in [-0.2, -0.15) is 4.99 Å². The zero-order valence-corrected chi connectivity index (χ0v) is 15.4. The minimum absolute atomic E-state index is 0.00886. The Hall–Kier alpha value is -2.10. The molecule has 0 N–H and O–H groups in total. The van der Waals surface area contributed by atoms with Gasteiger partial charge in [-0.25, -0.2) is 0 Å². The van der Waals surface area contributed by atoms with Gasteiger partial charge in [-0.05, 0) is 34.1 Å². The fraction of sp³-hybridized carbons (Fsp3) is 0.0667. The highest BCUT2D eigenvalue weighted by molar-refractivity contribution is 9.11. The molecule has 3 aromatic rings. The molecular formula is C15H10BrN3O3S2. The van der Waals surface area contributed by atoms with Crippen LogP contribution >= 0.6 is 38.6 Å². The van der Waals surface area contributed by atoms with Gasteiger partial charge in [0.15, 0.2) is 4.80 Å². The van der Waals surface area contributed by atoms with Crippen molar-refractivity contribution in [2.24, 2.45) is 4.99 Å². The van der Waals surface area contributed by atoms with E-state index >= 15 is 0 Å². The van der Waals surface area contributed by atoms with Crippen molar-refractivity contribution in [3.05, 3.63) is 66.6 Å². The average molecular weight is 424 g/mol. The summed E-state index contributed by atoms with van der Waals surface area (Å²) in [7, 11) is 0. The van der Waals surface area contributed by atoms with Gasteiger partial charge in [-0.3, -0.25) is 14.9 Å². The summed E-state index contributed by atoms with van der Waals surface area (Å²) >= 11 is 5.87. The van der Waals surface area contributed by atoms with E-state index in [1.54, 1.807) is 24.3 Å². The van der Waals surface area contributed by atoms with Crippen molar-refractivity contribution >= 4 is 60.4 Å². The molecule has 9 heteroatoms. The number of nitro benzene ring substituents is 1. The normalized spacial score (nSPS) is 11.8. The summed E-state index contributed by atoms with van der Waals surface area (Å²) in [6.07, 6.45) is 1.69. The molecule has 0 saturated heterocycles. The number of hydrogen-bond donors (Lipinski definition) is 0. The molecule has 122 valence electrons. The van der Waals surface area contributed by atoms with Crippen LogP contribution in [0.5, 0.6) is 0 Å². The zero-order chi connectivity index (χ0) is 17.3. The number of fused-ring (bicyclic) bond motifs is 1. The second kappa shape index (κ2) is 6.80. The molecule has 0 radical (unpaired) electrons. The number of nitro groups is 1. The maximum Gasteiger partial charge on any atom is 0.289 e. The molecule has 0 saturated carbocycles. The van der Waals surface area contributed by atoms with Crippen LogP contribution in [0.25, 0.3) is 10.2 Å². The maximum atomic E-state index is 12.3. The van der Waals surface area contributed by atoms with Gasteiger partial charge in [0.05, 0.1) is 23.8 Å². The van der Waals surface area contributed by atoms with Gasteiger partial charge in [0.25, 0.3) is 11.6 Å². The van der Waals surface area contributed by atoms with Crippen molar-refractivity contribution in [3.63, 3.8) is 0 Å². The summed E-state index contributed by atoms with van der Waals surface area (Å²) in [6.45, 7) is 4.17. The van der Waals surface area contributed by atoms with Gasteiger partial charge in [-0.1, -0.05) is 17.4 Å². The third-order valence-electron chi connectivity index (χ3n) is 3.17. The third kappa shape index (κ3) is 3.23. The Morgan fingerprint density at radius 2 is 2.17 bits per heavy atom. The second-order valence-corrected chi connectivity index (χ2v) is 8.19. The molecule has 6 nitrogen and oxygen atoms in total. The van der Waals surface area contributed by atoms with Crippen LogP contribution in [0.1, 0.15) is 9.67 Å². The first-order valence-corrected chi connectivity index (χ1v) is 9.15. The topological polar surface area (TPSA) is 77.5 Å². The van der Waals surface area contributed by atoms with E-state index in [1.807, 2.05) is 4.57 Å². The number of benzene rings is 1. The number of halogens is 1. The lowest BCUT2D eigenvalue weighted by atomic mass is 10.3. The molecule has 3 rings (SSSR count). The van der Waals surface area contributed by atoms with Crippen molar-refractivity contribution in [1.29, 1.82) is 0 Å². The fourth-order valence-electron chi connectivity index (χ4n) is 2.14. The van der Waals surface area contributed by atoms with E-state index in [1.165, 1.54) is 34.8 Å². The van der Waals surface area contributed by atoms with Gasteiger partial charge in [-0.15, -0.1) is 17.9 Å². The number of allylic oxidation sites excluding steroid dienone is 1. The molecule has 0 spiro atoms. The number of thiazole rings is 1. The number of nitrogens with zero attached hydrogens (tertiary/aromatic N) is 3. The Morgan fingerprint density at radius 3 is 2.79 bits per heavy atom. The molecule has 2 heterocycles. The molecule has 24 heavy (non-hydrogen) atoms. The van der Waals surface area contributed by atoms with E-state index in [-0.39, 0.29) is 11.6 Å². The predicted molar refractivity (Wildman–Crippen MR) is 98.6 cm³/mol. The molecule has 0 aliphatic heterocycles. The maximum absolute atomic E-state index is 12.3. The standard InChI is InChI=1S/C15H10BrN3O3S2/c1-2-7-18-10-4-3-9(19(21)22)8-12(10)24-15(18)17-14(20)11-5-6-13(16)23-11/h2-6,8H,1,7H2. The van der Waals surface area contributed by atoms with Crippen LogP contribution in [-0.4, -0.2) is 15.4 Å². The highest BCUT2D eigenvalue weighted by Crippen LogP contribution is 2.24. The number of carbonyl (C=O) groups excluding carboxylic acids is 1. The SMILES string of the molecule is C=CCn1c(=NC(=O)c2ccc(Br)s2)sc2cc([N+](=O)[O-])ccc21. The highest BCUT2D eigenvalue weighted by Gasteiger charge is 2.13. The number of thiophene rings is 1. The summed E-state index contributed by atoms with van der Waals surface area (Å²) in [4.78, 5) is 28.0. The fourth-order valence-corrected chi connectivity index (χ4v) is 4.48. The van der Waals surface area contributed by atoms with Gasteiger partial charge in [0.1, 0.15) is 0 Å². The molecule has 1 aromatic carbocycles. The Kier molecular flexibility index (Phi) is 4.74. The number of carbonyl (C=O) groups is 1. The number of hydrogen-bond acceptors (Lipinski definition) is 5. The zero-order valence-electron chi connectivity index (χ0n) is 12.1. The van der Waals surface area contributed by atoms with Crippen LogP contribution in [0.4, 0.5) is 5.69 Å². The highest BCUT2D eigenvalue weighted by atomic mass is 79.9. The largest absolute Gasteiger partial charge is 0.312 e. The molecule has 0 atom stereocenters. The number of amides is 1. The molecule has 1 amide bonds. The Labute approximate surface area is 152 Å². The van der Waals surface area contributed by atoms with Crippen LogP contribution in [0.3, 0.4) is 0 Å². The van der Waals surface area contributed by atoms with Gasteiger partial charge in [0, 0.05) is 18.7 Å². The smallest absolute Gasteiger partial charge is 0.289 e. The molecular weight excluding hydrogens is 414 g/mol. The Morgan fingerprint density at radius 1 is 1.38 bits per heavy atom. The first-order valence-electron chi connectivity index (χ1n) is 6.72. The number of non-ortho nitro benzene ring substituents is 1. The van der Waals surface area contributed by atoms with Gasteiger partial charge in [0.2, 0.25) is 0 Å². The molecule has 0 aliphatic carbocycles. The lowest BCUT2D eigenvalue weighted by Crippen LogP contribution is -2.15. The van der Waals surface area contributed by atoms with Crippen molar-refractivity contribution in [2.45, 2.75) is 6.54 Å². The Bertz CT molecular complexity index is 1030. The van der Waals surface area contributed by atoms with E-state index in [4.69, 9.17) is 0 Å². The van der Waals surface area contributed by atoms with E-state index in [9.17, 15) is 14.9 Å². The van der Waals surface area contributed by atoms with Crippen molar-refractivity contribution in [3.8, 4) is 0 Å². The lowest BCUT2D eigenvalue weighted by molar-refractivity contribution is -0.384. The summed E-state index contributed by atoms with van der Waals surface area (Å²) in [5.74, 6) is -0.343. The van der Waals surface area contributed by atoms with E-state index < -0.39 is 4.92 Å². The molecule has 0 aliphatic rings. The second-order valence-electron chi connectivity index (χ2n) is 4.71. The quantitative estimate of drug-likeness (QED) is 0.355. The van der Waals surface area contributed by atoms with Crippen LogP contribution in [-0.2, 0) is 6.54 Å². The van der Waals surface area contributed by atoms with Crippen molar-refractivity contribution in [2.75, 3.05) is 0 Å². The van der Waals surface area contributed by atoms with Crippen LogP contribution < -0.4 is 4.80 Å². The van der Waals surface area contributed by atoms with E-state index in [2.05, 4.69) is 27.5 Å². The number of rotatable bonds is 4. The van der Waals surface area contributed by atoms with Crippen LogP contribution in [0.15, 0.2) is 51.8 Å². The summed E-state index contributed by atoms with van der Waals surface area (Å²) < 4.78 is 3.37. The minimum atomic E-state index is -0.442. The lowest BCUT2D eigenvalue weighted by Gasteiger charge is -2.00. The van der Waals surface area contributed by atoms with E-state index in [0.717, 1.165) is 9.30 Å². The predicted octanol–water partition coefficient (Wildman–Crippen LogP) is 4.36. The molecule has 0 fully saturated rings. The average Bonchev–Trinajstić information content (AvgIpc) is 3.11. The molecule has 2 aromatic heterocycles. The van der Waals surface area contributed by atoms with Gasteiger partial charge < -0.3 is 4.57 Å². The molecule has 0 unspecified atom stereocenters. The van der Waals surface area contributed by atoms with Crippen molar-refractivity contribution in [1.82, 2.24) is 4.57 Å². The first kappa shape index (κ1) is 16.7.